The normalized spacial score (nSPS) is 9.00. The highest BCUT2D eigenvalue weighted by Crippen LogP contribution is 1.89. The fourth-order valence-corrected chi connectivity index (χ4v) is 0.495. The number of hydrogen-bond acceptors (Lipinski definition) is 3. The minimum atomic E-state index is 0.117. The van der Waals surface area contributed by atoms with Gasteiger partial charge >= 0.3 is 0 Å². The average molecular weight is 175 g/mol. The standard InChI is InChI=1S/C7H13NO2S/c1-6(9)4-5-10-7(11)8(2)3/h4-5H2,1-3H3. The van der Waals surface area contributed by atoms with E-state index in [0.29, 0.717) is 18.2 Å². The van der Waals surface area contributed by atoms with Crippen molar-refractivity contribution in [1.82, 2.24) is 4.90 Å². The molecule has 0 amide bonds. The van der Waals surface area contributed by atoms with Crippen LogP contribution in [0.4, 0.5) is 0 Å². The van der Waals surface area contributed by atoms with E-state index in [-0.39, 0.29) is 5.78 Å². The minimum absolute atomic E-state index is 0.117. The number of ether oxygens (including phenoxy) is 1. The van der Waals surface area contributed by atoms with E-state index in [9.17, 15) is 4.79 Å². The lowest BCUT2D eigenvalue weighted by Gasteiger charge is -2.13. The molecule has 0 unspecified atom stereocenters. The minimum Gasteiger partial charge on any atom is -0.470 e. The molecule has 0 heterocycles. The van der Waals surface area contributed by atoms with Gasteiger partial charge in [0.2, 0.25) is 0 Å². The Balaban J connectivity index is 3.39. The Morgan fingerprint density at radius 3 is 2.45 bits per heavy atom. The predicted molar refractivity (Wildman–Crippen MR) is 47.5 cm³/mol. The second kappa shape index (κ2) is 5.07. The summed E-state index contributed by atoms with van der Waals surface area (Å²) < 4.78 is 5.05. The van der Waals surface area contributed by atoms with Crippen molar-refractivity contribution in [3.63, 3.8) is 0 Å². The van der Waals surface area contributed by atoms with Gasteiger partial charge in [0.25, 0.3) is 5.17 Å². The van der Waals surface area contributed by atoms with Crippen molar-refractivity contribution in [2.24, 2.45) is 0 Å². The zero-order chi connectivity index (χ0) is 8.85. The van der Waals surface area contributed by atoms with Gasteiger partial charge in [0.05, 0.1) is 6.61 Å². The maximum absolute atomic E-state index is 10.5. The first-order valence-corrected chi connectivity index (χ1v) is 3.78. The first-order valence-electron chi connectivity index (χ1n) is 3.37. The smallest absolute Gasteiger partial charge is 0.258 e. The van der Waals surface area contributed by atoms with Gasteiger partial charge in [0, 0.05) is 20.5 Å². The zero-order valence-electron chi connectivity index (χ0n) is 7.09. The highest BCUT2D eigenvalue weighted by atomic mass is 32.1. The lowest BCUT2D eigenvalue weighted by Crippen LogP contribution is -2.23. The lowest BCUT2D eigenvalue weighted by atomic mass is 10.3. The van der Waals surface area contributed by atoms with Gasteiger partial charge in [0.1, 0.15) is 5.78 Å². The summed E-state index contributed by atoms with van der Waals surface area (Å²) in [6, 6.07) is 0. The van der Waals surface area contributed by atoms with Gasteiger partial charge in [-0.05, 0) is 19.1 Å². The van der Waals surface area contributed by atoms with Crippen LogP contribution < -0.4 is 0 Å². The molecule has 0 aliphatic rings. The van der Waals surface area contributed by atoms with Crippen LogP contribution in [0.5, 0.6) is 0 Å². The lowest BCUT2D eigenvalue weighted by molar-refractivity contribution is -0.117. The van der Waals surface area contributed by atoms with E-state index >= 15 is 0 Å². The Hall–Kier alpha value is -0.640. The zero-order valence-corrected chi connectivity index (χ0v) is 7.90. The predicted octanol–water partition coefficient (Wildman–Crippen LogP) is 0.829. The first-order chi connectivity index (χ1) is 5.04. The van der Waals surface area contributed by atoms with Crippen LogP contribution in [-0.4, -0.2) is 36.6 Å². The fourth-order valence-electron chi connectivity index (χ4n) is 0.411. The third kappa shape index (κ3) is 5.79. The third-order valence-corrected chi connectivity index (χ3v) is 1.53. The van der Waals surface area contributed by atoms with Crippen molar-refractivity contribution in [3.05, 3.63) is 0 Å². The summed E-state index contributed by atoms with van der Waals surface area (Å²) in [6.45, 7) is 1.91. The summed E-state index contributed by atoms with van der Waals surface area (Å²) >= 11 is 4.82. The average Bonchev–Trinajstić information content (AvgIpc) is 1.86. The van der Waals surface area contributed by atoms with Gasteiger partial charge in [-0.25, -0.2) is 0 Å². The molecule has 0 aliphatic heterocycles. The SMILES string of the molecule is CC(=O)CCOC(=S)N(C)C. The number of nitrogens with zero attached hydrogens (tertiary/aromatic N) is 1. The quantitative estimate of drug-likeness (QED) is 0.594. The largest absolute Gasteiger partial charge is 0.470 e. The monoisotopic (exact) mass is 175 g/mol. The Morgan fingerprint density at radius 1 is 1.55 bits per heavy atom. The molecular weight excluding hydrogens is 162 g/mol. The molecule has 0 rings (SSSR count). The second-order valence-electron chi connectivity index (χ2n) is 2.46. The molecule has 0 aromatic heterocycles. The number of ketones is 1. The Kier molecular flexibility index (Phi) is 4.77. The van der Waals surface area contributed by atoms with Crippen LogP contribution in [0, 0.1) is 0 Å². The summed E-state index contributed by atoms with van der Waals surface area (Å²) in [5, 5.41) is 0.422. The summed E-state index contributed by atoms with van der Waals surface area (Å²) in [5.74, 6) is 0.117. The maximum atomic E-state index is 10.5. The van der Waals surface area contributed by atoms with E-state index < -0.39 is 0 Å². The second-order valence-corrected chi connectivity index (χ2v) is 2.81. The molecule has 0 saturated heterocycles. The summed E-state index contributed by atoms with van der Waals surface area (Å²) in [6.07, 6.45) is 0.425. The van der Waals surface area contributed by atoms with Crippen molar-refractivity contribution < 1.29 is 9.53 Å². The molecule has 11 heavy (non-hydrogen) atoms. The van der Waals surface area contributed by atoms with Gasteiger partial charge < -0.3 is 9.64 Å². The van der Waals surface area contributed by atoms with Crippen molar-refractivity contribution in [3.8, 4) is 0 Å². The number of carbonyl (C=O) groups excluding carboxylic acids is 1. The Bertz CT molecular complexity index is 157. The van der Waals surface area contributed by atoms with Gasteiger partial charge in [-0.2, -0.15) is 0 Å². The molecule has 0 aliphatic carbocycles. The van der Waals surface area contributed by atoms with Crippen molar-refractivity contribution >= 4 is 23.2 Å². The molecule has 3 nitrogen and oxygen atoms in total. The highest BCUT2D eigenvalue weighted by Gasteiger charge is 1.99. The van der Waals surface area contributed by atoms with Crippen LogP contribution in [0.1, 0.15) is 13.3 Å². The van der Waals surface area contributed by atoms with E-state index in [1.165, 1.54) is 6.92 Å². The van der Waals surface area contributed by atoms with E-state index in [1.54, 1.807) is 19.0 Å². The van der Waals surface area contributed by atoms with Crippen molar-refractivity contribution in [2.45, 2.75) is 13.3 Å². The topological polar surface area (TPSA) is 29.5 Å². The molecule has 0 bridgehead atoms. The molecule has 0 N–H and O–H groups in total. The summed E-state index contributed by atoms with van der Waals surface area (Å²) in [7, 11) is 3.60. The van der Waals surface area contributed by atoms with Gasteiger partial charge in [-0.1, -0.05) is 0 Å². The Labute approximate surface area is 72.3 Å². The number of thiocarbonyl (C=S) groups is 1. The third-order valence-electron chi connectivity index (χ3n) is 1.04. The summed E-state index contributed by atoms with van der Waals surface area (Å²) in [5.41, 5.74) is 0. The molecule has 0 atom stereocenters. The van der Waals surface area contributed by atoms with Crippen molar-refractivity contribution in [2.75, 3.05) is 20.7 Å². The van der Waals surface area contributed by atoms with E-state index in [0.717, 1.165) is 0 Å². The fraction of sp³-hybridized carbons (Fsp3) is 0.714. The number of hydrogen-bond donors (Lipinski definition) is 0. The first kappa shape index (κ1) is 10.4. The van der Waals surface area contributed by atoms with E-state index in [1.807, 2.05) is 0 Å². The van der Waals surface area contributed by atoms with Crippen LogP contribution in [0.15, 0.2) is 0 Å². The molecule has 0 fully saturated rings. The summed E-state index contributed by atoms with van der Waals surface area (Å²) in [4.78, 5) is 12.1. The van der Waals surface area contributed by atoms with Crippen LogP contribution in [-0.2, 0) is 9.53 Å². The number of rotatable bonds is 3. The van der Waals surface area contributed by atoms with Gasteiger partial charge in [0.15, 0.2) is 0 Å². The molecule has 4 heteroatoms. The molecule has 64 valence electrons. The number of Topliss-reactive ketones (excluding diaryl/α,β-unsaturated/α-hetero) is 1. The van der Waals surface area contributed by atoms with Gasteiger partial charge in [-0.3, -0.25) is 4.79 Å². The number of carbonyl (C=O) groups is 1. The van der Waals surface area contributed by atoms with Crippen molar-refractivity contribution in [1.29, 1.82) is 0 Å². The van der Waals surface area contributed by atoms with Crippen LogP contribution in [0.2, 0.25) is 0 Å². The Morgan fingerprint density at radius 2 is 2.09 bits per heavy atom. The molecule has 0 radical (unpaired) electrons. The van der Waals surface area contributed by atoms with Crippen LogP contribution >= 0.6 is 12.2 Å². The van der Waals surface area contributed by atoms with Gasteiger partial charge in [-0.15, -0.1) is 0 Å². The molecule has 0 aromatic rings. The van der Waals surface area contributed by atoms with Crippen LogP contribution in [0.3, 0.4) is 0 Å². The van der Waals surface area contributed by atoms with E-state index in [4.69, 9.17) is 17.0 Å². The van der Waals surface area contributed by atoms with Crippen LogP contribution in [0.25, 0.3) is 0 Å². The maximum Gasteiger partial charge on any atom is 0.258 e. The molecular formula is C7H13NO2S. The molecule has 0 saturated carbocycles. The highest BCUT2D eigenvalue weighted by molar-refractivity contribution is 7.80. The molecule has 0 spiro atoms. The van der Waals surface area contributed by atoms with E-state index in [2.05, 4.69) is 0 Å². The molecule has 0 aromatic carbocycles.